The summed E-state index contributed by atoms with van der Waals surface area (Å²) in [6.07, 6.45) is 1.12. The minimum atomic E-state index is -0.743. The lowest BCUT2D eigenvalue weighted by Gasteiger charge is -2.11. The van der Waals surface area contributed by atoms with Gasteiger partial charge in [-0.15, -0.1) is 0 Å². The molecule has 0 saturated heterocycles. The summed E-state index contributed by atoms with van der Waals surface area (Å²) in [5.41, 5.74) is 1.66. The van der Waals surface area contributed by atoms with Crippen molar-refractivity contribution >= 4 is 17.5 Å². The molecule has 0 aliphatic heterocycles. The van der Waals surface area contributed by atoms with Gasteiger partial charge in [-0.2, -0.15) is 0 Å². The first kappa shape index (κ1) is 15.2. The third-order valence-electron chi connectivity index (χ3n) is 2.55. The average molecular weight is 264 g/mol. The molecule has 0 aromatic heterocycles. The van der Waals surface area contributed by atoms with E-state index in [1.54, 1.807) is 6.07 Å². The van der Waals surface area contributed by atoms with Gasteiger partial charge in [0.15, 0.2) is 0 Å². The number of amides is 2. The molecule has 0 bridgehead atoms. The van der Waals surface area contributed by atoms with Crippen LogP contribution in [-0.4, -0.2) is 29.6 Å². The fourth-order valence-corrected chi connectivity index (χ4v) is 1.63. The highest BCUT2D eigenvalue weighted by Crippen LogP contribution is 2.16. The van der Waals surface area contributed by atoms with Gasteiger partial charge in [0.05, 0.1) is 6.10 Å². The SMILES string of the molecule is CCCc1ccccc1NC(=O)C(=O)NCC(C)O. The molecule has 0 radical (unpaired) electrons. The van der Waals surface area contributed by atoms with Crippen LogP contribution >= 0.6 is 0 Å². The molecule has 5 heteroatoms. The van der Waals surface area contributed by atoms with E-state index in [1.165, 1.54) is 6.92 Å². The molecule has 0 heterocycles. The molecular formula is C14H20N2O3. The third-order valence-corrected chi connectivity index (χ3v) is 2.55. The Kier molecular flexibility index (Phi) is 6.02. The molecule has 3 N–H and O–H groups in total. The second kappa shape index (κ2) is 7.53. The maximum absolute atomic E-state index is 11.7. The summed E-state index contributed by atoms with van der Waals surface area (Å²) in [6, 6.07) is 7.40. The Morgan fingerprint density at radius 2 is 1.95 bits per heavy atom. The maximum atomic E-state index is 11.7. The number of nitrogens with one attached hydrogen (secondary N) is 2. The molecule has 1 rings (SSSR count). The predicted molar refractivity (Wildman–Crippen MR) is 73.8 cm³/mol. The number of aryl methyl sites for hydroxylation is 1. The van der Waals surface area contributed by atoms with E-state index in [1.807, 2.05) is 25.1 Å². The van der Waals surface area contributed by atoms with Gasteiger partial charge in [0.1, 0.15) is 0 Å². The van der Waals surface area contributed by atoms with Gasteiger partial charge in [-0.25, -0.2) is 0 Å². The Labute approximate surface area is 113 Å². The molecular weight excluding hydrogens is 244 g/mol. The van der Waals surface area contributed by atoms with Crippen LogP contribution < -0.4 is 10.6 Å². The number of carbonyl (C=O) groups is 2. The van der Waals surface area contributed by atoms with E-state index in [9.17, 15) is 9.59 Å². The first-order valence-electron chi connectivity index (χ1n) is 6.39. The Hall–Kier alpha value is -1.88. The number of hydrogen-bond acceptors (Lipinski definition) is 3. The van der Waals surface area contributed by atoms with Crippen molar-refractivity contribution < 1.29 is 14.7 Å². The molecule has 0 spiro atoms. The van der Waals surface area contributed by atoms with Crippen molar-refractivity contribution in [2.75, 3.05) is 11.9 Å². The van der Waals surface area contributed by atoms with Crippen molar-refractivity contribution in [3.8, 4) is 0 Å². The van der Waals surface area contributed by atoms with E-state index in [0.717, 1.165) is 18.4 Å². The highest BCUT2D eigenvalue weighted by Gasteiger charge is 2.15. The number of aliphatic hydroxyl groups excluding tert-OH is 1. The van der Waals surface area contributed by atoms with Gasteiger partial charge in [-0.1, -0.05) is 31.5 Å². The number of rotatable bonds is 5. The molecule has 1 aromatic rings. The van der Waals surface area contributed by atoms with Crippen molar-refractivity contribution in [2.45, 2.75) is 32.8 Å². The van der Waals surface area contributed by atoms with Crippen LogP contribution in [0.5, 0.6) is 0 Å². The summed E-state index contributed by atoms with van der Waals surface area (Å²) in [5.74, 6) is -1.46. The van der Waals surface area contributed by atoms with Gasteiger partial charge in [0.2, 0.25) is 0 Å². The van der Waals surface area contributed by atoms with Gasteiger partial charge < -0.3 is 15.7 Å². The molecule has 2 amide bonds. The van der Waals surface area contributed by atoms with Crippen molar-refractivity contribution in [1.29, 1.82) is 0 Å². The minimum absolute atomic E-state index is 0.0584. The number of para-hydroxylation sites is 1. The average Bonchev–Trinajstić information content (AvgIpc) is 2.38. The summed E-state index contributed by atoms with van der Waals surface area (Å²) >= 11 is 0. The third kappa shape index (κ3) is 5.09. The molecule has 0 fully saturated rings. The Morgan fingerprint density at radius 1 is 1.26 bits per heavy atom. The smallest absolute Gasteiger partial charge is 0.313 e. The van der Waals surface area contributed by atoms with Gasteiger partial charge in [-0.3, -0.25) is 9.59 Å². The molecule has 104 valence electrons. The van der Waals surface area contributed by atoms with Crippen molar-refractivity contribution in [2.24, 2.45) is 0 Å². The number of anilines is 1. The van der Waals surface area contributed by atoms with E-state index >= 15 is 0 Å². The summed E-state index contributed by atoms with van der Waals surface area (Å²) in [5, 5.41) is 14.0. The van der Waals surface area contributed by atoms with Crippen molar-refractivity contribution in [3.63, 3.8) is 0 Å². The van der Waals surface area contributed by atoms with Crippen molar-refractivity contribution in [3.05, 3.63) is 29.8 Å². The summed E-state index contributed by atoms with van der Waals surface area (Å²) in [7, 11) is 0. The van der Waals surface area contributed by atoms with E-state index in [-0.39, 0.29) is 6.54 Å². The largest absolute Gasteiger partial charge is 0.392 e. The number of carbonyl (C=O) groups excluding carboxylic acids is 2. The first-order valence-corrected chi connectivity index (χ1v) is 6.39. The quantitative estimate of drug-likeness (QED) is 0.696. The molecule has 0 aliphatic carbocycles. The van der Waals surface area contributed by atoms with E-state index in [2.05, 4.69) is 10.6 Å². The van der Waals surface area contributed by atoms with Crippen LogP contribution in [-0.2, 0) is 16.0 Å². The summed E-state index contributed by atoms with van der Waals surface area (Å²) < 4.78 is 0. The molecule has 1 aromatic carbocycles. The van der Waals surface area contributed by atoms with Crippen molar-refractivity contribution in [1.82, 2.24) is 5.32 Å². The Bertz CT molecular complexity index is 444. The van der Waals surface area contributed by atoms with Crippen LogP contribution in [0.15, 0.2) is 24.3 Å². The molecule has 0 saturated carbocycles. The van der Waals surface area contributed by atoms with Crippen LogP contribution in [0.2, 0.25) is 0 Å². The number of hydrogen-bond donors (Lipinski definition) is 3. The Balaban J connectivity index is 2.63. The highest BCUT2D eigenvalue weighted by molar-refractivity contribution is 6.39. The zero-order valence-corrected chi connectivity index (χ0v) is 11.3. The lowest BCUT2D eigenvalue weighted by atomic mass is 10.1. The second-order valence-electron chi connectivity index (χ2n) is 4.42. The topological polar surface area (TPSA) is 78.4 Å². The van der Waals surface area contributed by atoms with Crippen LogP contribution in [0.25, 0.3) is 0 Å². The van der Waals surface area contributed by atoms with Crippen LogP contribution in [0.4, 0.5) is 5.69 Å². The molecule has 1 unspecified atom stereocenters. The fourth-order valence-electron chi connectivity index (χ4n) is 1.63. The number of benzene rings is 1. The lowest BCUT2D eigenvalue weighted by molar-refractivity contribution is -0.136. The zero-order valence-electron chi connectivity index (χ0n) is 11.3. The molecule has 19 heavy (non-hydrogen) atoms. The summed E-state index contributed by atoms with van der Waals surface area (Å²) in [4.78, 5) is 23.2. The monoisotopic (exact) mass is 264 g/mol. The fraction of sp³-hybridized carbons (Fsp3) is 0.429. The maximum Gasteiger partial charge on any atom is 0.313 e. The molecule has 0 aliphatic rings. The standard InChI is InChI=1S/C14H20N2O3/c1-3-6-11-7-4-5-8-12(11)16-14(19)13(18)15-9-10(2)17/h4-5,7-8,10,17H,3,6,9H2,1-2H3,(H,15,18)(H,16,19). The van der Waals surface area contributed by atoms with E-state index in [0.29, 0.717) is 5.69 Å². The molecule has 1 atom stereocenters. The van der Waals surface area contributed by atoms with E-state index in [4.69, 9.17) is 5.11 Å². The zero-order chi connectivity index (χ0) is 14.3. The van der Waals surface area contributed by atoms with E-state index < -0.39 is 17.9 Å². The van der Waals surface area contributed by atoms with Crippen LogP contribution in [0, 0.1) is 0 Å². The van der Waals surface area contributed by atoms with Crippen LogP contribution in [0.1, 0.15) is 25.8 Å². The highest BCUT2D eigenvalue weighted by atomic mass is 16.3. The predicted octanol–water partition coefficient (Wildman–Crippen LogP) is 1.07. The first-order chi connectivity index (χ1) is 9.04. The lowest BCUT2D eigenvalue weighted by Crippen LogP contribution is -2.38. The molecule has 5 nitrogen and oxygen atoms in total. The normalized spacial score (nSPS) is 11.7. The van der Waals surface area contributed by atoms with Gasteiger partial charge >= 0.3 is 11.8 Å². The van der Waals surface area contributed by atoms with Gasteiger partial charge in [0, 0.05) is 12.2 Å². The number of aliphatic hydroxyl groups is 1. The minimum Gasteiger partial charge on any atom is -0.392 e. The van der Waals surface area contributed by atoms with Crippen LogP contribution in [0.3, 0.4) is 0 Å². The Morgan fingerprint density at radius 3 is 2.58 bits per heavy atom. The van der Waals surface area contributed by atoms with Gasteiger partial charge in [0.25, 0.3) is 0 Å². The summed E-state index contributed by atoms with van der Waals surface area (Å²) in [6.45, 7) is 3.64. The second-order valence-corrected chi connectivity index (χ2v) is 4.42. The van der Waals surface area contributed by atoms with Gasteiger partial charge in [-0.05, 0) is 25.0 Å².